The van der Waals surface area contributed by atoms with Crippen LogP contribution in [0.15, 0.2) is 36.5 Å². The molecule has 0 aliphatic rings. The van der Waals surface area contributed by atoms with Gasteiger partial charge in [-0.25, -0.2) is 4.79 Å². The molecule has 0 unspecified atom stereocenters. The smallest absolute Gasteiger partial charge is 0.351 e. The Kier molecular flexibility index (Phi) is 51.2. The molecule has 4 heteroatoms. The molecule has 0 aliphatic carbocycles. The van der Waals surface area contributed by atoms with Crippen molar-refractivity contribution in [3.8, 4) is 0 Å². The van der Waals surface area contributed by atoms with Gasteiger partial charge in [-0.1, -0.05) is 211 Å². The molecule has 2 amide bonds. The van der Waals surface area contributed by atoms with Crippen LogP contribution in [0.3, 0.4) is 0 Å². The van der Waals surface area contributed by atoms with Gasteiger partial charge in [0, 0.05) is 19.3 Å². The summed E-state index contributed by atoms with van der Waals surface area (Å²) < 4.78 is 0. The van der Waals surface area contributed by atoms with Gasteiger partial charge in [-0.15, -0.1) is 4.90 Å². The van der Waals surface area contributed by atoms with Crippen LogP contribution in [0.25, 0.3) is 0 Å². The van der Waals surface area contributed by atoms with Crippen LogP contribution >= 0.6 is 0 Å². The summed E-state index contributed by atoms with van der Waals surface area (Å²) in [7, 11) is 0. The van der Waals surface area contributed by atoms with Crippen molar-refractivity contribution in [1.29, 1.82) is 0 Å². The van der Waals surface area contributed by atoms with Gasteiger partial charge in [0.25, 0.3) is 0 Å². The van der Waals surface area contributed by atoms with Crippen LogP contribution in [-0.4, -0.2) is 24.9 Å². The summed E-state index contributed by atoms with van der Waals surface area (Å²) in [5.74, 6) is 0.223. The van der Waals surface area contributed by atoms with Crippen LogP contribution in [0.2, 0.25) is 0 Å². The fourth-order valence-electron chi connectivity index (χ4n) is 8.27. The third kappa shape index (κ3) is 49.2. The topological polar surface area (TPSA) is 52.1 Å². The van der Waals surface area contributed by atoms with E-state index in [1.54, 1.807) is 6.54 Å². The van der Waals surface area contributed by atoms with Crippen LogP contribution in [0.1, 0.15) is 297 Å². The second-order valence-electron chi connectivity index (χ2n) is 18.6. The van der Waals surface area contributed by atoms with Crippen molar-refractivity contribution < 1.29 is 9.59 Å². The number of hydrogen-bond acceptors (Lipinski definition) is 2. The zero-order valence-corrected chi connectivity index (χ0v) is 41.6. The minimum atomic E-state index is 0.0542. The number of nitrogens with zero attached hydrogens (tertiary/aromatic N) is 1. The number of allylic oxidation sites excluding steroid dienone is 6. The summed E-state index contributed by atoms with van der Waals surface area (Å²) in [4.78, 5) is 28.0. The van der Waals surface area contributed by atoms with E-state index < -0.39 is 0 Å². The van der Waals surface area contributed by atoms with Gasteiger partial charge in [-0.3, -0.25) is 4.79 Å². The van der Waals surface area contributed by atoms with E-state index >= 15 is 0 Å². The molecule has 0 heterocycles. The number of hydrogen-bond donors (Lipinski definition) is 1. The Morgan fingerprint density at radius 2 is 0.607 bits per heavy atom. The molecule has 0 spiro atoms. The van der Waals surface area contributed by atoms with Gasteiger partial charge in [-0.05, 0) is 96.3 Å². The number of carbonyl (C=O) groups excluding carboxylic acids is 2. The predicted octanol–water partition coefficient (Wildman–Crippen LogP) is 18.4. The van der Waals surface area contributed by atoms with E-state index in [0.29, 0.717) is 12.8 Å². The Morgan fingerprint density at radius 3 is 0.918 bits per heavy atom. The first-order valence-electron chi connectivity index (χ1n) is 27.5. The van der Waals surface area contributed by atoms with E-state index in [-0.39, 0.29) is 11.8 Å². The maximum absolute atomic E-state index is 13.3. The minimum Gasteiger partial charge on any atom is -0.351 e. The monoisotopic (exact) mass is 852 g/mol. The van der Waals surface area contributed by atoms with Crippen molar-refractivity contribution in [2.75, 3.05) is 13.1 Å². The van der Waals surface area contributed by atoms with Crippen LogP contribution < -0.4 is 10.2 Å². The first kappa shape index (κ1) is 59.3. The molecule has 0 aromatic rings. The normalized spacial score (nSPS) is 12.0. The molecule has 1 N–H and O–H groups in total. The molecule has 0 fully saturated rings. The molecule has 0 saturated heterocycles. The minimum absolute atomic E-state index is 0.0542. The average Bonchev–Trinajstić information content (AvgIpc) is 3.26. The number of nitrogens with one attached hydrogen (secondary N) is 1. The van der Waals surface area contributed by atoms with Gasteiger partial charge >= 0.3 is 5.91 Å². The van der Waals surface area contributed by atoms with Crippen molar-refractivity contribution in [2.24, 2.45) is 0 Å². The fourth-order valence-corrected chi connectivity index (χ4v) is 8.27. The fraction of sp³-hybridized carbons (Fsp3) is 0.842. The van der Waals surface area contributed by atoms with Crippen molar-refractivity contribution in [3.63, 3.8) is 0 Å². The van der Waals surface area contributed by atoms with Crippen LogP contribution in [0, 0.1) is 6.54 Å². The molecule has 61 heavy (non-hydrogen) atoms. The van der Waals surface area contributed by atoms with E-state index in [1.807, 2.05) is 0 Å². The van der Waals surface area contributed by atoms with Crippen molar-refractivity contribution >= 4 is 11.8 Å². The summed E-state index contributed by atoms with van der Waals surface area (Å²) in [5, 5.41) is 2.94. The van der Waals surface area contributed by atoms with E-state index in [2.05, 4.69) is 67.4 Å². The lowest BCUT2D eigenvalue weighted by molar-refractivity contribution is -0.125. The molecular formula is C57H107N2O2+. The third-order valence-electron chi connectivity index (χ3n) is 12.4. The Labute approximate surface area is 383 Å². The van der Waals surface area contributed by atoms with Gasteiger partial charge in [0.1, 0.15) is 13.1 Å². The lowest BCUT2D eigenvalue weighted by Gasteiger charge is -2.11. The highest BCUT2D eigenvalue weighted by Gasteiger charge is 2.24. The van der Waals surface area contributed by atoms with E-state index in [0.717, 1.165) is 38.8 Å². The molecule has 356 valence electrons. The van der Waals surface area contributed by atoms with E-state index in [9.17, 15) is 9.59 Å². The zero-order valence-electron chi connectivity index (χ0n) is 41.6. The van der Waals surface area contributed by atoms with Gasteiger partial charge in [-0.2, -0.15) is 0 Å². The van der Waals surface area contributed by atoms with Gasteiger partial charge in [0.2, 0.25) is 5.91 Å². The molecule has 0 saturated carbocycles. The van der Waals surface area contributed by atoms with Crippen molar-refractivity contribution in [3.05, 3.63) is 43.0 Å². The molecular weight excluding hydrogens is 745 g/mol. The Balaban J connectivity index is 4.26. The van der Waals surface area contributed by atoms with Crippen LogP contribution in [-0.2, 0) is 9.59 Å². The summed E-state index contributed by atoms with van der Waals surface area (Å²) >= 11 is 0. The molecule has 0 aromatic heterocycles. The molecule has 0 bridgehead atoms. The summed E-state index contributed by atoms with van der Waals surface area (Å²) in [6.45, 7) is 10.3. The first-order valence-corrected chi connectivity index (χ1v) is 27.5. The zero-order chi connectivity index (χ0) is 44.2. The highest BCUT2D eigenvalue weighted by Crippen LogP contribution is 2.14. The lowest BCUT2D eigenvalue weighted by Crippen LogP contribution is -2.39. The maximum Gasteiger partial charge on any atom is 0.363 e. The van der Waals surface area contributed by atoms with Crippen molar-refractivity contribution in [2.45, 2.75) is 297 Å². The molecule has 0 rings (SSSR count). The summed E-state index contributed by atoms with van der Waals surface area (Å²) in [6.07, 6.45) is 68.0. The summed E-state index contributed by atoms with van der Waals surface area (Å²) in [5.41, 5.74) is 0. The highest BCUT2D eigenvalue weighted by atomic mass is 16.2. The second kappa shape index (κ2) is 52.7. The largest absolute Gasteiger partial charge is 0.363 e. The standard InChI is InChI=1S/C57H107N2O2/c1-4-7-10-13-16-19-22-25-28-31-34-37-40-43-46-49-54-59(55-50-47-44-41-38-35-32-29-26-23-20-17-14-11-8-5-2)57(61)52-53-58-56(60)51-48-45-42-39-36-33-30-27-24-21-18-15-12-9-6-3/h25-30,53H,4-24,31-52,54-55H2,1-3H3,(H,58,60)/q+1/b28-25-,29-26-,30-27-. The van der Waals surface area contributed by atoms with E-state index in [1.165, 1.54) is 238 Å². The van der Waals surface area contributed by atoms with Crippen LogP contribution in [0.5, 0.6) is 0 Å². The predicted molar refractivity (Wildman–Crippen MR) is 272 cm³/mol. The molecule has 2 radical (unpaired) electrons. The van der Waals surface area contributed by atoms with Gasteiger partial charge in [0.15, 0.2) is 0 Å². The average molecular weight is 852 g/mol. The quantitative estimate of drug-likeness (QED) is 0.0377. The Bertz CT molecular complexity index is 928. The summed E-state index contributed by atoms with van der Waals surface area (Å²) in [6, 6.07) is 0. The Hall–Kier alpha value is -1.68. The molecule has 0 aromatic carbocycles. The number of unbranched alkanes of at least 4 members (excludes halogenated alkanes) is 35. The van der Waals surface area contributed by atoms with E-state index in [4.69, 9.17) is 0 Å². The van der Waals surface area contributed by atoms with Crippen LogP contribution in [0.4, 0.5) is 0 Å². The number of carbonyl (C=O) groups is 2. The number of rotatable bonds is 50. The van der Waals surface area contributed by atoms with Crippen molar-refractivity contribution in [1.82, 2.24) is 10.2 Å². The second-order valence-corrected chi connectivity index (χ2v) is 18.6. The SMILES string of the molecule is CCCCCCCC/C=C\CCCCCCCC[N+](CCCCCCCC/C=C\CCCCCCCC)C(=O)C[CH]NC(=O)CCCCCCC/C=C\CCCCCCCC. The third-order valence-corrected chi connectivity index (χ3v) is 12.4. The van der Waals surface area contributed by atoms with Gasteiger partial charge in [0.05, 0.1) is 13.0 Å². The van der Waals surface area contributed by atoms with Gasteiger partial charge < -0.3 is 5.32 Å². The molecule has 4 nitrogen and oxygen atoms in total. The number of amides is 2. The Morgan fingerprint density at radius 1 is 0.344 bits per heavy atom. The highest BCUT2D eigenvalue weighted by molar-refractivity contribution is 5.81. The molecule has 0 aliphatic heterocycles. The molecule has 0 atom stereocenters. The lowest BCUT2D eigenvalue weighted by atomic mass is 10.1. The maximum atomic E-state index is 13.3. The first-order chi connectivity index (χ1) is 30.2.